The third-order valence-electron chi connectivity index (χ3n) is 5.02. The van der Waals surface area contributed by atoms with Crippen LogP contribution < -0.4 is 0 Å². The number of aromatic nitrogens is 1. The van der Waals surface area contributed by atoms with Gasteiger partial charge in [-0.1, -0.05) is 70.0 Å². The van der Waals surface area contributed by atoms with Crippen LogP contribution in [0.1, 0.15) is 0 Å². The molecule has 0 amide bonds. The number of nitrogens with zero attached hydrogens (tertiary/aromatic N) is 1. The van der Waals surface area contributed by atoms with Crippen molar-refractivity contribution in [3.05, 3.63) is 98.9 Å². The van der Waals surface area contributed by atoms with E-state index in [1.165, 1.54) is 11.1 Å². The van der Waals surface area contributed by atoms with Crippen LogP contribution >= 0.6 is 43.5 Å². The molecule has 0 aliphatic rings. The summed E-state index contributed by atoms with van der Waals surface area (Å²) in [6.45, 7) is 0. The highest BCUT2D eigenvalue weighted by Crippen LogP contribution is 2.40. The van der Waals surface area contributed by atoms with Gasteiger partial charge in [-0.3, -0.25) is 0 Å². The summed E-state index contributed by atoms with van der Waals surface area (Å²) < 4.78 is 4.21. The van der Waals surface area contributed by atoms with Gasteiger partial charge in [-0.25, -0.2) is 0 Å². The lowest BCUT2D eigenvalue weighted by Crippen LogP contribution is -1.93. The van der Waals surface area contributed by atoms with Gasteiger partial charge in [-0.05, 0) is 69.5 Å². The summed E-state index contributed by atoms with van der Waals surface area (Å²) >= 11 is 13.9. The van der Waals surface area contributed by atoms with Gasteiger partial charge in [0.25, 0.3) is 0 Å². The molecule has 0 saturated heterocycles. The topological polar surface area (TPSA) is 4.93 Å². The van der Waals surface area contributed by atoms with Crippen molar-refractivity contribution in [3.63, 3.8) is 0 Å². The van der Waals surface area contributed by atoms with Crippen LogP contribution in [0, 0.1) is 0 Å². The smallest absolute Gasteiger partial charge is 0.0648 e. The summed E-state index contributed by atoms with van der Waals surface area (Å²) in [6.07, 6.45) is 0. The molecule has 136 valence electrons. The van der Waals surface area contributed by atoms with Gasteiger partial charge in [0.1, 0.15) is 0 Å². The molecule has 0 N–H and O–H groups in total. The van der Waals surface area contributed by atoms with E-state index in [9.17, 15) is 0 Å². The highest BCUT2D eigenvalue weighted by molar-refractivity contribution is 9.10. The van der Waals surface area contributed by atoms with Crippen LogP contribution in [0.15, 0.2) is 93.9 Å². The Morgan fingerprint density at radius 3 is 2.11 bits per heavy atom. The first kappa shape index (κ1) is 18.0. The van der Waals surface area contributed by atoms with Crippen molar-refractivity contribution in [2.45, 2.75) is 0 Å². The Bertz CT molecular complexity index is 1320. The van der Waals surface area contributed by atoms with E-state index in [4.69, 9.17) is 11.6 Å². The zero-order chi connectivity index (χ0) is 19.3. The van der Waals surface area contributed by atoms with Gasteiger partial charge in [0, 0.05) is 25.4 Å². The van der Waals surface area contributed by atoms with E-state index in [0.29, 0.717) is 0 Å². The number of halogens is 3. The summed E-state index contributed by atoms with van der Waals surface area (Å²) in [5.41, 5.74) is 5.75. The lowest BCUT2D eigenvalue weighted by molar-refractivity contribution is 1.18. The predicted octanol–water partition coefficient (Wildman–Crippen LogP) is 8.63. The Morgan fingerprint density at radius 1 is 0.679 bits per heavy atom. The van der Waals surface area contributed by atoms with Crippen LogP contribution in [0.25, 0.3) is 38.6 Å². The fourth-order valence-corrected chi connectivity index (χ4v) is 4.68. The summed E-state index contributed by atoms with van der Waals surface area (Å²) in [5, 5.41) is 2.92. The molecule has 0 aliphatic carbocycles. The van der Waals surface area contributed by atoms with Crippen molar-refractivity contribution in [2.75, 3.05) is 0 Å². The minimum Gasteiger partial charge on any atom is -0.309 e. The highest BCUT2D eigenvalue weighted by Gasteiger charge is 2.16. The molecule has 0 saturated carbocycles. The number of hydrogen-bond donors (Lipinski definition) is 0. The maximum atomic E-state index is 6.69. The van der Waals surface area contributed by atoms with Crippen molar-refractivity contribution in [1.29, 1.82) is 0 Å². The molecule has 1 heterocycles. The second-order valence-electron chi connectivity index (χ2n) is 6.67. The lowest BCUT2D eigenvalue weighted by atomic mass is 10.1. The molecule has 0 unspecified atom stereocenters. The van der Waals surface area contributed by atoms with Gasteiger partial charge in [-0.15, -0.1) is 0 Å². The fourth-order valence-electron chi connectivity index (χ4n) is 3.73. The van der Waals surface area contributed by atoms with Crippen LogP contribution in [0.3, 0.4) is 0 Å². The molecule has 1 nitrogen and oxygen atoms in total. The molecular formula is C24H14Br2ClN. The minimum absolute atomic E-state index is 0.736. The van der Waals surface area contributed by atoms with Gasteiger partial charge < -0.3 is 4.57 Å². The van der Waals surface area contributed by atoms with E-state index in [1.807, 2.05) is 12.1 Å². The van der Waals surface area contributed by atoms with Gasteiger partial charge in [0.15, 0.2) is 0 Å². The van der Waals surface area contributed by atoms with Crippen molar-refractivity contribution in [1.82, 2.24) is 4.57 Å². The lowest BCUT2D eigenvalue weighted by Gasteiger charge is -2.10. The molecule has 0 bridgehead atoms. The minimum atomic E-state index is 0.736. The first-order valence-electron chi connectivity index (χ1n) is 8.87. The molecular weight excluding hydrogens is 498 g/mol. The largest absolute Gasteiger partial charge is 0.309 e. The van der Waals surface area contributed by atoms with Crippen molar-refractivity contribution >= 4 is 65.3 Å². The van der Waals surface area contributed by atoms with E-state index in [1.54, 1.807) is 0 Å². The Balaban J connectivity index is 1.77. The number of hydrogen-bond acceptors (Lipinski definition) is 0. The molecule has 0 spiro atoms. The average Bonchev–Trinajstić information content (AvgIpc) is 3.05. The van der Waals surface area contributed by atoms with Crippen molar-refractivity contribution in [3.8, 4) is 16.8 Å². The van der Waals surface area contributed by atoms with Crippen molar-refractivity contribution in [2.24, 2.45) is 0 Å². The first-order chi connectivity index (χ1) is 13.6. The van der Waals surface area contributed by atoms with Gasteiger partial charge in [0.2, 0.25) is 0 Å². The van der Waals surface area contributed by atoms with E-state index < -0.39 is 0 Å². The maximum Gasteiger partial charge on any atom is 0.0648 e. The summed E-state index contributed by atoms with van der Waals surface area (Å²) in [7, 11) is 0. The third-order valence-corrected chi connectivity index (χ3v) is 6.79. The van der Waals surface area contributed by atoms with Gasteiger partial charge in [0.05, 0.1) is 16.1 Å². The maximum absolute atomic E-state index is 6.69. The number of benzene rings is 4. The van der Waals surface area contributed by atoms with Gasteiger partial charge >= 0.3 is 0 Å². The molecule has 0 radical (unpaired) electrons. The summed E-state index contributed by atoms with van der Waals surface area (Å²) in [6, 6.07) is 29.5. The monoisotopic (exact) mass is 509 g/mol. The third kappa shape index (κ3) is 2.89. The molecule has 28 heavy (non-hydrogen) atoms. The normalized spacial score (nSPS) is 11.4. The quantitative estimate of drug-likeness (QED) is 0.224. The van der Waals surface area contributed by atoms with Gasteiger partial charge in [-0.2, -0.15) is 0 Å². The second-order valence-corrected chi connectivity index (χ2v) is 8.81. The molecule has 4 heteroatoms. The summed E-state index contributed by atoms with van der Waals surface area (Å²) in [4.78, 5) is 0. The van der Waals surface area contributed by atoms with E-state index >= 15 is 0 Å². The fraction of sp³-hybridized carbons (Fsp3) is 0. The van der Waals surface area contributed by atoms with Crippen molar-refractivity contribution < 1.29 is 0 Å². The molecule has 0 fully saturated rings. The molecule has 4 aromatic carbocycles. The number of rotatable bonds is 2. The standard InChI is InChI=1S/C24H14Br2ClN/c25-17-8-12-21-19(14-17)23-22(13-11-20(26)24(23)27)28(21)18-9-6-16(7-10-18)15-4-2-1-3-5-15/h1-14H. The zero-order valence-electron chi connectivity index (χ0n) is 14.7. The predicted molar refractivity (Wildman–Crippen MR) is 127 cm³/mol. The van der Waals surface area contributed by atoms with Crippen LogP contribution in [0.4, 0.5) is 0 Å². The zero-order valence-corrected chi connectivity index (χ0v) is 18.6. The van der Waals surface area contributed by atoms with E-state index in [-0.39, 0.29) is 0 Å². The molecule has 5 aromatic rings. The van der Waals surface area contributed by atoms with Crippen LogP contribution in [0.2, 0.25) is 5.02 Å². The number of fused-ring (bicyclic) bond motifs is 3. The molecule has 0 aliphatic heterocycles. The highest BCUT2D eigenvalue weighted by atomic mass is 79.9. The molecule has 5 rings (SSSR count). The Morgan fingerprint density at radius 2 is 1.36 bits per heavy atom. The SMILES string of the molecule is Clc1c(Br)ccc2c1c1cc(Br)ccc1n2-c1ccc(-c2ccccc2)cc1. The summed E-state index contributed by atoms with van der Waals surface area (Å²) in [5.74, 6) is 0. The second kappa shape index (κ2) is 7.07. The molecule has 0 atom stereocenters. The van der Waals surface area contributed by atoms with Crippen LogP contribution in [-0.2, 0) is 0 Å². The van der Waals surface area contributed by atoms with Crippen LogP contribution in [-0.4, -0.2) is 4.57 Å². The van der Waals surface area contributed by atoms with Crippen LogP contribution in [0.5, 0.6) is 0 Å². The van der Waals surface area contributed by atoms with E-state index in [0.717, 1.165) is 41.5 Å². The average molecular weight is 512 g/mol. The molecule has 1 aromatic heterocycles. The van der Waals surface area contributed by atoms with E-state index in [2.05, 4.69) is 109 Å². The first-order valence-corrected chi connectivity index (χ1v) is 10.8. The Labute approximate surface area is 184 Å². The Hall–Kier alpha value is -2.07. The Kier molecular flexibility index (Phi) is 4.54.